The average molecular weight is 399 g/mol. The van der Waals surface area contributed by atoms with E-state index in [9.17, 15) is 9.90 Å². The van der Waals surface area contributed by atoms with Crippen molar-refractivity contribution in [2.45, 2.75) is 64.7 Å². The first kappa shape index (κ1) is 21.2. The minimum Gasteiger partial charge on any atom is -0.508 e. The zero-order valence-corrected chi connectivity index (χ0v) is 16.9. The second-order valence-electron chi connectivity index (χ2n) is 6.99. The van der Waals surface area contributed by atoms with Gasteiger partial charge < -0.3 is 5.11 Å². The Kier molecular flexibility index (Phi) is 8.99. The van der Waals surface area contributed by atoms with Gasteiger partial charge in [-0.25, -0.2) is 4.79 Å². The van der Waals surface area contributed by atoms with Gasteiger partial charge in [-0.15, -0.1) is 17.0 Å². The highest BCUT2D eigenvalue weighted by Crippen LogP contribution is 2.33. The first-order chi connectivity index (χ1) is 11.1. The molecule has 0 radical (unpaired) electrons. The fraction of sp³-hybridized carbons (Fsp3) is 0.650. The lowest BCUT2D eigenvalue weighted by Crippen LogP contribution is -2.57. The largest absolute Gasteiger partial charge is 0.508 e. The molecular formula is C20H33BrNO2+. The van der Waals surface area contributed by atoms with Crippen molar-refractivity contribution >= 4 is 22.9 Å². The smallest absolute Gasteiger partial charge is 0.313 e. The Hall–Kier alpha value is -0.870. The standard InChI is InChI=1S/C20H31NO2.BrH/c1-3-5-6-7-13-21(20(23)4-2)14-11-17(12-15-21)18-9-8-10-19(22)16-18;/h8-10,16-17H,3-7,11-15H2,1-2H3;1H/p+1. The first-order valence-electron chi connectivity index (χ1n) is 9.29. The summed E-state index contributed by atoms with van der Waals surface area (Å²) in [4.78, 5) is 12.6. The number of phenolic OH excluding ortho intramolecular Hbond substituents is 1. The van der Waals surface area contributed by atoms with Crippen LogP contribution in [0, 0.1) is 0 Å². The lowest BCUT2D eigenvalue weighted by molar-refractivity contribution is -0.860. The van der Waals surface area contributed by atoms with Crippen LogP contribution in [0.4, 0.5) is 0 Å². The number of benzene rings is 1. The third kappa shape index (κ3) is 5.32. The third-order valence-corrected chi connectivity index (χ3v) is 5.42. The topological polar surface area (TPSA) is 37.3 Å². The van der Waals surface area contributed by atoms with Gasteiger partial charge in [0.25, 0.3) is 0 Å². The number of halogens is 1. The van der Waals surface area contributed by atoms with E-state index in [-0.39, 0.29) is 17.0 Å². The van der Waals surface area contributed by atoms with Crippen LogP contribution >= 0.6 is 17.0 Å². The van der Waals surface area contributed by atoms with E-state index >= 15 is 0 Å². The number of carbonyl (C=O) groups is 1. The summed E-state index contributed by atoms with van der Waals surface area (Å²) < 4.78 is 0.690. The van der Waals surface area contributed by atoms with Crippen LogP contribution in [0.25, 0.3) is 0 Å². The number of rotatable bonds is 7. The molecule has 1 fully saturated rings. The second kappa shape index (κ2) is 10.2. The number of carbonyl (C=O) groups excluding carboxylic acids is 1. The van der Waals surface area contributed by atoms with Gasteiger partial charge in [0, 0.05) is 12.8 Å². The molecule has 1 aromatic carbocycles. The summed E-state index contributed by atoms with van der Waals surface area (Å²) in [7, 11) is 0. The molecule has 136 valence electrons. The highest BCUT2D eigenvalue weighted by Gasteiger charge is 2.39. The first-order valence-corrected chi connectivity index (χ1v) is 9.29. The SMILES string of the molecule is Br.CCCCCC[N+]1(C(=O)CC)CCC(c2cccc(O)c2)CC1. The third-order valence-electron chi connectivity index (χ3n) is 5.42. The van der Waals surface area contributed by atoms with Gasteiger partial charge in [-0.3, -0.25) is 4.48 Å². The minimum absolute atomic E-state index is 0. The summed E-state index contributed by atoms with van der Waals surface area (Å²) in [5.74, 6) is 1.24. The van der Waals surface area contributed by atoms with Gasteiger partial charge in [-0.05, 0) is 36.5 Å². The molecule has 3 nitrogen and oxygen atoms in total. The molecule has 0 saturated carbocycles. The van der Waals surface area contributed by atoms with Gasteiger partial charge in [-0.2, -0.15) is 0 Å². The van der Waals surface area contributed by atoms with Crippen LogP contribution in [0.15, 0.2) is 24.3 Å². The molecule has 0 aliphatic carbocycles. The quantitative estimate of drug-likeness (QED) is 0.507. The highest BCUT2D eigenvalue weighted by atomic mass is 79.9. The summed E-state index contributed by atoms with van der Waals surface area (Å²) in [6.45, 7) is 7.15. The monoisotopic (exact) mass is 398 g/mol. The number of hydrogen-bond donors (Lipinski definition) is 1. The molecule has 0 bridgehead atoms. The molecule has 24 heavy (non-hydrogen) atoms. The highest BCUT2D eigenvalue weighted by molar-refractivity contribution is 8.93. The molecule has 0 atom stereocenters. The average Bonchev–Trinajstić information content (AvgIpc) is 2.58. The lowest BCUT2D eigenvalue weighted by Gasteiger charge is -2.41. The number of unbranched alkanes of at least 4 members (excludes halogenated alkanes) is 3. The Labute approximate surface area is 157 Å². The van der Waals surface area contributed by atoms with Crippen molar-refractivity contribution in [2.75, 3.05) is 19.6 Å². The number of quaternary nitrogens is 1. The molecule has 4 heteroatoms. The molecule has 2 rings (SSSR count). The van der Waals surface area contributed by atoms with Crippen molar-refractivity contribution in [2.24, 2.45) is 0 Å². The zero-order chi connectivity index (χ0) is 16.7. The van der Waals surface area contributed by atoms with Crippen LogP contribution in [0.1, 0.15) is 70.3 Å². The molecule has 1 heterocycles. The fourth-order valence-corrected chi connectivity index (χ4v) is 3.95. The van der Waals surface area contributed by atoms with E-state index in [1.165, 1.54) is 24.8 Å². The molecule has 0 spiro atoms. The van der Waals surface area contributed by atoms with Crippen molar-refractivity contribution < 1.29 is 14.4 Å². The molecule has 1 aromatic rings. The molecule has 0 unspecified atom stereocenters. The van der Waals surface area contributed by atoms with Crippen molar-refractivity contribution in [3.05, 3.63) is 29.8 Å². The second-order valence-corrected chi connectivity index (χ2v) is 6.99. The van der Waals surface area contributed by atoms with Crippen molar-refractivity contribution in [1.29, 1.82) is 0 Å². The molecule has 1 N–H and O–H groups in total. The number of aromatic hydroxyl groups is 1. The van der Waals surface area contributed by atoms with E-state index in [4.69, 9.17) is 0 Å². The summed E-state index contributed by atoms with van der Waals surface area (Å²) in [5, 5.41) is 9.68. The van der Waals surface area contributed by atoms with Gasteiger partial charge >= 0.3 is 5.91 Å². The Morgan fingerprint density at radius 1 is 1.17 bits per heavy atom. The van der Waals surface area contributed by atoms with E-state index in [0.717, 1.165) is 38.9 Å². The van der Waals surface area contributed by atoms with Gasteiger partial charge in [0.1, 0.15) is 5.75 Å². The Morgan fingerprint density at radius 3 is 2.46 bits per heavy atom. The van der Waals surface area contributed by atoms with Crippen LogP contribution in [-0.2, 0) is 4.79 Å². The van der Waals surface area contributed by atoms with E-state index < -0.39 is 0 Å². The van der Waals surface area contributed by atoms with Gasteiger partial charge in [0.05, 0.1) is 26.1 Å². The summed E-state index contributed by atoms with van der Waals surface area (Å²) in [6, 6.07) is 7.63. The van der Waals surface area contributed by atoms with Crippen LogP contribution in [0.5, 0.6) is 5.75 Å². The Morgan fingerprint density at radius 2 is 1.88 bits per heavy atom. The minimum atomic E-state index is 0. The van der Waals surface area contributed by atoms with Crippen molar-refractivity contribution in [1.82, 2.24) is 0 Å². The maximum absolute atomic E-state index is 12.6. The normalized spacial score (nSPS) is 23.5. The van der Waals surface area contributed by atoms with Gasteiger partial charge in [0.15, 0.2) is 0 Å². The number of phenols is 1. The van der Waals surface area contributed by atoms with E-state index in [0.29, 0.717) is 28.5 Å². The Bertz CT molecular complexity index is 510. The molecule has 0 aromatic heterocycles. The van der Waals surface area contributed by atoms with Crippen molar-refractivity contribution in [3.8, 4) is 5.75 Å². The van der Waals surface area contributed by atoms with Crippen LogP contribution in [-0.4, -0.2) is 35.1 Å². The lowest BCUT2D eigenvalue weighted by atomic mass is 9.87. The number of piperidine rings is 1. The van der Waals surface area contributed by atoms with Gasteiger partial charge in [-0.1, -0.05) is 38.8 Å². The van der Waals surface area contributed by atoms with E-state index in [1.54, 1.807) is 6.07 Å². The van der Waals surface area contributed by atoms with E-state index in [1.807, 2.05) is 19.1 Å². The predicted molar refractivity (Wildman–Crippen MR) is 105 cm³/mol. The van der Waals surface area contributed by atoms with Gasteiger partial charge in [0.2, 0.25) is 0 Å². The number of nitrogens with zero attached hydrogens (tertiary/aromatic N) is 1. The molecule has 1 amide bonds. The maximum Gasteiger partial charge on any atom is 0.313 e. The summed E-state index contributed by atoms with van der Waals surface area (Å²) >= 11 is 0. The van der Waals surface area contributed by atoms with Crippen molar-refractivity contribution in [3.63, 3.8) is 0 Å². The number of hydrogen-bond acceptors (Lipinski definition) is 2. The van der Waals surface area contributed by atoms with Crippen LogP contribution in [0.3, 0.4) is 0 Å². The number of amides is 1. The molecule has 1 aliphatic heterocycles. The van der Waals surface area contributed by atoms with E-state index in [2.05, 4.69) is 13.0 Å². The molecular weight excluding hydrogens is 366 g/mol. The molecule has 1 saturated heterocycles. The Balaban J connectivity index is 0.00000288. The maximum atomic E-state index is 12.6. The number of likely N-dealkylation sites (tertiary alicyclic amines) is 1. The fourth-order valence-electron chi connectivity index (χ4n) is 3.95. The predicted octanol–water partition coefficient (Wildman–Crippen LogP) is 5.18. The van der Waals surface area contributed by atoms with Crippen LogP contribution in [0.2, 0.25) is 0 Å². The van der Waals surface area contributed by atoms with Crippen LogP contribution < -0.4 is 0 Å². The zero-order valence-electron chi connectivity index (χ0n) is 15.2. The molecule has 1 aliphatic rings. The summed E-state index contributed by atoms with van der Waals surface area (Å²) in [5.41, 5.74) is 1.22. The summed E-state index contributed by atoms with van der Waals surface area (Å²) in [6.07, 6.45) is 7.64.